The minimum absolute atomic E-state index is 0.380. The van der Waals surface area contributed by atoms with E-state index in [1.807, 2.05) is 30.3 Å². The SMILES string of the molecule is CC(C)(C)OC(=O)[C@]12CC[C@H](OC1=O)O[C@H]2c1ccccc1. The summed E-state index contributed by atoms with van der Waals surface area (Å²) in [4.78, 5) is 25.3. The quantitative estimate of drug-likeness (QED) is 0.621. The fourth-order valence-electron chi connectivity index (χ4n) is 2.99. The first-order valence-corrected chi connectivity index (χ1v) is 7.48. The number of hydrogen-bond acceptors (Lipinski definition) is 5. The van der Waals surface area contributed by atoms with Gasteiger partial charge in [0.25, 0.3) is 0 Å². The summed E-state index contributed by atoms with van der Waals surface area (Å²) >= 11 is 0. The predicted molar refractivity (Wildman–Crippen MR) is 77.7 cm³/mol. The number of benzene rings is 1. The van der Waals surface area contributed by atoms with Crippen molar-refractivity contribution >= 4 is 11.9 Å². The van der Waals surface area contributed by atoms with Crippen molar-refractivity contribution in [3.63, 3.8) is 0 Å². The van der Waals surface area contributed by atoms with Crippen LogP contribution in [0.1, 0.15) is 45.3 Å². The first-order chi connectivity index (χ1) is 10.3. The van der Waals surface area contributed by atoms with E-state index in [-0.39, 0.29) is 0 Å². The molecule has 22 heavy (non-hydrogen) atoms. The highest BCUT2D eigenvalue weighted by Crippen LogP contribution is 2.52. The molecule has 1 aromatic carbocycles. The van der Waals surface area contributed by atoms with Gasteiger partial charge in [0.05, 0.1) is 0 Å². The molecule has 0 aliphatic carbocycles. The molecule has 1 aromatic rings. The fourth-order valence-corrected chi connectivity index (χ4v) is 2.99. The zero-order chi connectivity index (χ0) is 16.0. The molecule has 3 aliphatic heterocycles. The summed E-state index contributed by atoms with van der Waals surface area (Å²) in [5.74, 6) is -1.12. The van der Waals surface area contributed by atoms with Gasteiger partial charge in [-0.05, 0) is 32.8 Å². The lowest BCUT2D eigenvalue weighted by molar-refractivity contribution is -0.282. The third kappa shape index (κ3) is 2.39. The van der Waals surface area contributed by atoms with Gasteiger partial charge >= 0.3 is 11.9 Å². The van der Waals surface area contributed by atoms with Crippen LogP contribution in [0, 0.1) is 5.41 Å². The van der Waals surface area contributed by atoms with Crippen LogP contribution in [-0.2, 0) is 23.8 Å². The number of carbonyl (C=O) groups excluding carboxylic acids is 2. The van der Waals surface area contributed by atoms with E-state index in [0.717, 1.165) is 5.56 Å². The first kappa shape index (κ1) is 15.0. The van der Waals surface area contributed by atoms with Gasteiger partial charge in [-0.15, -0.1) is 0 Å². The summed E-state index contributed by atoms with van der Waals surface area (Å²) < 4.78 is 16.5. The van der Waals surface area contributed by atoms with Crippen LogP contribution in [0.25, 0.3) is 0 Å². The third-order valence-corrected chi connectivity index (χ3v) is 3.98. The molecule has 0 radical (unpaired) electrons. The van der Waals surface area contributed by atoms with Crippen molar-refractivity contribution in [2.45, 2.75) is 51.6 Å². The van der Waals surface area contributed by atoms with Crippen LogP contribution >= 0.6 is 0 Å². The highest BCUT2D eigenvalue weighted by molar-refractivity contribution is 6.02. The Morgan fingerprint density at radius 3 is 2.55 bits per heavy atom. The molecule has 3 aliphatic rings. The van der Waals surface area contributed by atoms with Crippen molar-refractivity contribution in [3.05, 3.63) is 35.9 Å². The Labute approximate surface area is 129 Å². The Hall–Kier alpha value is -1.88. The molecule has 3 saturated heterocycles. The lowest BCUT2D eigenvalue weighted by Gasteiger charge is -2.48. The molecule has 5 nitrogen and oxygen atoms in total. The van der Waals surface area contributed by atoms with E-state index >= 15 is 0 Å². The number of carbonyl (C=O) groups is 2. The van der Waals surface area contributed by atoms with Crippen LogP contribution in [0.5, 0.6) is 0 Å². The van der Waals surface area contributed by atoms with E-state index in [1.165, 1.54) is 0 Å². The monoisotopic (exact) mass is 304 g/mol. The zero-order valence-corrected chi connectivity index (χ0v) is 13.0. The van der Waals surface area contributed by atoms with Gasteiger partial charge in [0, 0.05) is 6.42 Å². The second-order valence-electron chi connectivity index (χ2n) is 6.77. The summed E-state index contributed by atoms with van der Waals surface area (Å²) in [6, 6.07) is 9.29. The Morgan fingerprint density at radius 2 is 1.95 bits per heavy atom. The predicted octanol–water partition coefficient (Wildman–Crippen LogP) is 2.75. The van der Waals surface area contributed by atoms with Crippen molar-refractivity contribution in [3.8, 4) is 0 Å². The molecular weight excluding hydrogens is 284 g/mol. The molecule has 3 atom stereocenters. The van der Waals surface area contributed by atoms with Crippen LogP contribution in [0.4, 0.5) is 0 Å². The largest absolute Gasteiger partial charge is 0.459 e. The van der Waals surface area contributed by atoms with Gasteiger partial charge in [-0.2, -0.15) is 0 Å². The summed E-state index contributed by atoms with van der Waals surface area (Å²) in [6.07, 6.45) is -0.357. The average Bonchev–Trinajstić information content (AvgIpc) is 2.46. The number of fused-ring (bicyclic) bond motifs is 3. The summed E-state index contributed by atoms with van der Waals surface area (Å²) in [5.41, 5.74) is -1.31. The minimum Gasteiger partial charge on any atom is -0.459 e. The molecule has 3 fully saturated rings. The van der Waals surface area contributed by atoms with Gasteiger partial charge in [0.15, 0.2) is 5.41 Å². The maximum atomic E-state index is 12.8. The third-order valence-electron chi connectivity index (χ3n) is 3.98. The smallest absolute Gasteiger partial charge is 0.328 e. The lowest BCUT2D eigenvalue weighted by atomic mass is 9.71. The van der Waals surface area contributed by atoms with Crippen LogP contribution in [0.2, 0.25) is 0 Å². The van der Waals surface area contributed by atoms with Gasteiger partial charge in [-0.1, -0.05) is 30.3 Å². The number of hydrogen-bond donors (Lipinski definition) is 0. The molecule has 0 saturated carbocycles. The van der Waals surface area contributed by atoms with E-state index in [1.54, 1.807) is 20.8 Å². The second kappa shape index (κ2) is 5.09. The highest BCUT2D eigenvalue weighted by Gasteiger charge is 2.64. The first-order valence-electron chi connectivity index (χ1n) is 7.48. The molecule has 0 spiro atoms. The van der Waals surface area contributed by atoms with Crippen LogP contribution < -0.4 is 0 Å². The highest BCUT2D eigenvalue weighted by atomic mass is 16.7. The second-order valence-corrected chi connectivity index (χ2v) is 6.77. The Bertz CT molecular complexity index is 589. The van der Waals surface area contributed by atoms with Crippen molar-refractivity contribution < 1.29 is 23.8 Å². The summed E-state index contributed by atoms with van der Waals surface area (Å²) in [7, 11) is 0. The summed E-state index contributed by atoms with van der Waals surface area (Å²) in [5, 5.41) is 0. The topological polar surface area (TPSA) is 61.8 Å². The molecule has 3 heterocycles. The normalized spacial score (nSPS) is 30.8. The minimum atomic E-state index is -1.41. The Morgan fingerprint density at radius 1 is 1.27 bits per heavy atom. The lowest BCUT2D eigenvalue weighted by Crippen LogP contribution is -2.58. The molecule has 118 valence electrons. The van der Waals surface area contributed by atoms with Gasteiger partial charge in [-0.25, -0.2) is 0 Å². The molecule has 4 rings (SSSR count). The van der Waals surface area contributed by atoms with Gasteiger partial charge in [0.2, 0.25) is 6.29 Å². The van der Waals surface area contributed by atoms with E-state index in [4.69, 9.17) is 14.2 Å². The number of esters is 2. The number of ether oxygens (including phenoxy) is 3. The molecule has 2 bridgehead atoms. The van der Waals surface area contributed by atoms with Gasteiger partial charge in [-0.3, -0.25) is 9.59 Å². The van der Waals surface area contributed by atoms with Crippen molar-refractivity contribution in [1.29, 1.82) is 0 Å². The van der Waals surface area contributed by atoms with Crippen molar-refractivity contribution in [2.24, 2.45) is 5.41 Å². The standard InChI is InChI=1S/C17H20O5/c1-16(2,3)22-15(19)17-10-9-12(21-14(17)18)20-13(17)11-7-5-4-6-8-11/h4-8,12-13H,9-10H2,1-3H3/t12-,13-,17-/m0/s1. The molecule has 5 heteroatoms. The molecule has 0 unspecified atom stereocenters. The van der Waals surface area contributed by atoms with Crippen LogP contribution in [-0.4, -0.2) is 23.8 Å². The van der Waals surface area contributed by atoms with Crippen molar-refractivity contribution in [1.82, 2.24) is 0 Å². The number of rotatable bonds is 2. The van der Waals surface area contributed by atoms with Gasteiger partial charge in [0.1, 0.15) is 11.7 Å². The zero-order valence-electron chi connectivity index (χ0n) is 13.0. The van der Waals surface area contributed by atoms with Gasteiger partial charge < -0.3 is 14.2 Å². The fraction of sp³-hybridized carbons (Fsp3) is 0.529. The Balaban J connectivity index is 2.02. The van der Waals surface area contributed by atoms with E-state index in [2.05, 4.69) is 0 Å². The molecule has 0 amide bonds. The maximum Gasteiger partial charge on any atom is 0.328 e. The van der Waals surface area contributed by atoms with Crippen LogP contribution in [0.15, 0.2) is 30.3 Å². The van der Waals surface area contributed by atoms with Crippen LogP contribution in [0.3, 0.4) is 0 Å². The van der Waals surface area contributed by atoms with E-state index < -0.39 is 35.3 Å². The van der Waals surface area contributed by atoms with E-state index in [9.17, 15) is 9.59 Å². The molecule has 0 aromatic heterocycles. The van der Waals surface area contributed by atoms with E-state index in [0.29, 0.717) is 12.8 Å². The van der Waals surface area contributed by atoms with Crippen molar-refractivity contribution in [2.75, 3.05) is 0 Å². The summed E-state index contributed by atoms with van der Waals surface area (Å²) in [6.45, 7) is 5.33. The molecule has 0 N–H and O–H groups in total. The molecular formula is C17H20O5. The average molecular weight is 304 g/mol. The maximum absolute atomic E-state index is 12.8. The Kier molecular flexibility index (Phi) is 3.48.